The van der Waals surface area contributed by atoms with Crippen LogP contribution in [0.5, 0.6) is 0 Å². The minimum absolute atomic E-state index is 0.220. The van der Waals surface area contributed by atoms with Crippen LogP contribution in [0.25, 0.3) is 0 Å². The topological polar surface area (TPSA) is 34.1 Å². The highest BCUT2D eigenvalue weighted by Crippen LogP contribution is 2.33. The van der Waals surface area contributed by atoms with Crippen LogP contribution in [0.3, 0.4) is 0 Å². The molecule has 0 aliphatic heterocycles. The minimum atomic E-state index is -2.23. The smallest absolute Gasteiger partial charge is 0.159 e. The van der Waals surface area contributed by atoms with Crippen molar-refractivity contribution < 1.29 is 8.77 Å². The summed E-state index contributed by atoms with van der Waals surface area (Å²) in [5.74, 6) is 0. The van der Waals surface area contributed by atoms with Crippen molar-refractivity contribution in [1.82, 2.24) is 0 Å². The van der Waals surface area contributed by atoms with Gasteiger partial charge in [-0.25, -0.2) is 0 Å². The average Bonchev–Trinajstić information content (AvgIpc) is 1.35. The Morgan fingerprint density at radius 3 is 1.67 bits per heavy atom. The van der Waals surface area contributed by atoms with Crippen molar-refractivity contribution in [2.75, 3.05) is 13.3 Å². The molecule has 0 saturated carbocycles. The molecule has 38 valence electrons. The number of thiol groups is 1. The second-order valence-electron chi connectivity index (χ2n) is 1.38. The van der Waals surface area contributed by atoms with Gasteiger partial charge in [-0.15, -0.1) is 0 Å². The largest absolute Gasteiger partial charge is 0.310 e. The number of hydrogen-bond donors (Lipinski definition) is 1. The Labute approximate surface area is 40.5 Å². The lowest BCUT2D eigenvalue weighted by atomic mass is 11.9. The zero-order valence-corrected chi connectivity index (χ0v) is 5.50. The molecule has 0 heterocycles. The highest BCUT2D eigenvalue weighted by Gasteiger charge is 1.98. The summed E-state index contributed by atoms with van der Waals surface area (Å²) >= 11 is -0.220. The van der Waals surface area contributed by atoms with Crippen LogP contribution in [0.1, 0.15) is 0 Å². The molecule has 6 heavy (non-hydrogen) atoms. The van der Waals surface area contributed by atoms with Crippen LogP contribution >= 0.6 is 6.34 Å². The van der Waals surface area contributed by atoms with Gasteiger partial charge >= 0.3 is 0 Å². The SMILES string of the molecule is CP(C)(=O)[SH]=O. The van der Waals surface area contributed by atoms with Crippen molar-refractivity contribution in [3.05, 3.63) is 0 Å². The lowest BCUT2D eigenvalue weighted by Gasteiger charge is -1.86. The molecule has 0 N–H and O–H groups in total. The van der Waals surface area contributed by atoms with E-state index in [1.165, 1.54) is 13.3 Å². The van der Waals surface area contributed by atoms with Gasteiger partial charge in [-0.3, -0.25) is 4.21 Å². The molecule has 0 aromatic carbocycles. The summed E-state index contributed by atoms with van der Waals surface area (Å²) in [5.41, 5.74) is 0. The normalized spacial score (nSPS) is 11.7. The third-order valence-electron chi connectivity index (χ3n) is 0.197. The van der Waals surface area contributed by atoms with Gasteiger partial charge in [0.15, 0.2) is 6.34 Å². The lowest BCUT2D eigenvalue weighted by Crippen LogP contribution is -1.64. The first-order valence-electron chi connectivity index (χ1n) is 1.46. The Kier molecular flexibility index (Phi) is 2.02. The van der Waals surface area contributed by atoms with Crippen molar-refractivity contribution in [3.8, 4) is 0 Å². The summed E-state index contributed by atoms with van der Waals surface area (Å²) in [5, 5.41) is 0. The quantitative estimate of drug-likeness (QED) is 0.409. The third-order valence-corrected chi connectivity index (χ3v) is 1.77. The molecule has 0 spiro atoms. The second-order valence-corrected chi connectivity index (χ2v) is 7.51. The van der Waals surface area contributed by atoms with Crippen molar-refractivity contribution in [3.63, 3.8) is 0 Å². The average molecular weight is 126 g/mol. The van der Waals surface area contributed by atoms with E-state index in [2.05, 4.69) is 0 Å². The van der Waals surface area contributed by atoms with Crippen LogP contribution in [-0.2, 0) is 15.9 Å². The van der Waals surface area contributed by atoms with E-state index < -0.39 is 6.34 Å². The Bertz CT molecular complexity index is 93.7. The van der Waals surface area contributed by atoms with Crippen molar-refractivity contribution in [1.29, 1.82) is 0 Å². The molecule has 0 aromatic heterocycles. The molecule has 0 amide bonds. The first kappa shape index (κ1) is 6.38. The van der Waals surface area contributed by atoms with E-state index in [-0.39, 0.29) is 11.3 Å². The van der Waals surface area contributed by atoms with Crippen molar-refractivity contribution in [2.24, 2.45) is 0 Å². The van der Waals surface area contributed by atoms with Crippen molar-refractivity contribution >= 4 is 17.6 Å². The summed E-state index contributed by atoms with van der Waals surface area (Å²) in [4.78, 5) is 0. The van der Waals surface area contributed by atoms with E-state index in [9.17, 15) is 8.77 Å². The van der Waals surface area contributed by atoms with E-state index in [0.29, 0.717) is 0 Å². The Morgan fingerprint density at radius 2 is 1.67 bits per heavy atom. The first-order valence-corrected chi connectivity index (χ1v) is 5.58. The van der Waals surface area contributed by atoms with E-state index in [1.54, 1.807) is 0 Å². The fourth-order valence-corrected chi connectivity index (χ4v) is 0. The molecule has 0 radical (unpaired) electrons. The van der Waals surface area contributed by atoms with Gasteiger partial charge < -0.3 is 4.57 Å². The number of rotatable bonds is 1. The van der Waals surface area contributed by atoms with E-state index in [1.807, 2.05) is 0 Å². The summed E-state index contributed by atoms with van der Waals surface area (Å²) < 4.78 is 19.9. The highest BCUT2D eigenvalue weighted by atomic mass is 32.7. The van der Waals surface area contributed by atoms with E-state index in [0.717, 1.165) is 0 Å². The molecule has 0 aromatic rings. The third kappa shape index (κ3) is 4.38. The molecule has 0 atom stereocenters. The fourth-order valence-electron chi connectivity index (χ4n) is 0. The molecular formula is C2H7O2PS. The Balaban J connectivity index is 3.81. The zero-order valence-electron chi connectivity index (χ0n) is 3.71. The van der Waals surface area contributed by atoms with Crippen LogP contribution in [0.4, 0.5) is 0 Å². The predicted molar refractivity (Wildman–Crippen MR) is 29.0 cm³/mol. The maximum Gasteiger partial charge on any atom is 0.159 e. The summed E-state index contributed by atoms with van der Waals surface area (Å²) in [6, 6.07) is 0. The predicted octanol–water partition coefficient (Wildman–Crippen LogP) is 0.469. The molecule has 2 nitrogen and oxygen atoms in total. The molecule has 0 aliphatic carbocycles. The van der Waals surface area contributed by atoms with Gasteiger partial charge in [0.2, 0.25) is 0 Å². The maximum atomic E-state index is 10.3. The minimum Gasteiger partial charge on any atom is -0.310 e. The van der Waals surface area contributed by atoms with Gasteiger partial charge in [-0.05, 0) is 0 Å². The van der Waals surface area contributed by atoms with Crippen molar-refractivity contribution in [2.45, 2.75) is 0 Å². The Hall–Kier alpha value is 0.380. The van der Waals surface area contributed by atoms with Gasteiger partial charge in [0.05, 0.1) is 11.3 Å². The van der Waals surface area contributed by atoms with Crippen LogP contribution < -0.4 is 0 Å². The van der Waals surface area contributed by atoms with E-state index >= 15 is 0 Å². The highest BCUT2D eigenvalue weighted by molar-refractivity contribution is 8.39. The molecule has 0 fully saturated rings. The van der Waals surface area contributed by atoms with Gasteiger partial charge in [0, 0.05) is 13.3 Å². The standard InChI is InChI=1S/C2H7O2PS/c1-5(2,3)6-4/h6H,1-2H3. The molecule has 0 bridgehead atoms. The van der Waals surface area contributed by atoms with Gasteiger partial charge in [-0.2, -0.15) is 0 Å². The number of hydrogen-bond acceptors (Lipinski definition) is 2. The summed E-state index contributed by atoms with van der Waals surface area (Å²) in [6.07, 6.45) is -2.23. The first-order chi connectivity index (χ1) is 2.56. The summed E-state index contributed by atoms with van der Waals surface area (Å²) in [6.45, 7) is 2.95. The molecule has 0 rings (SSSR count). The second kappa shape index (κ2) is 1.90. The molecule has 0 aliphatic rings. The van der Waals surface area contributed by atoms with Crippen LogP contribution in [0, 0.1) is 0 Å². The van der Waals surface area contributed by atoms with Gasteiger partial charge in [0.25, 0.3) is 0 Å². The van der Waals surface area contributed by atoms with Crippen LogP contribution in [0.15, 0.2) is 0 Å². The van der Waals surface area contributed by atoms with E-state index in [4.69, 9.17) is 0 Å². The zero-order chi connectivity index (χ0) is 5.21. The maximum absolute atomic E-state index is 10.3. The monoisotopic (exact) mass is 126 g/mol. The molecule has 0 saturated heterocycles. The lowest BCUT2D eigenvalue weighted by molar-refractivity contribution is 0.590. The Morgan fingerprint density at radius 1 is 1.50 bits per heavy atom. The van der Waals surface area contributed by atoms with Crippen LogP contribution in [-0.4, -0.2) is 17.5 Å². The van der Waals surface area contributed by atoms with Gasteiger partial charge in [-0.1, -0.05) is 0 Å². The van der Waals surface area contributed by atoms with Crippen LogP contribution in [0.2, 0.25) is 0 Å². The molecule has 4 heteroatoms. The van der Waals surface area contributed by atoms with Gasteiger partial charge in [0.1, 0.15) is 0 Å². The molecular weight excluding hydrogens is 119 g/mol. The molecule has 0 unspecified atom stereocenters. The fraction of sp³-hybridized carbons (Fsp3) is 1.00. The summed E-state index contributed by atoms with van der Waals surface area (Å²) in [7, 11) is 0.